The van der Waals surface area contributed by atoms with Crippen LogP contribution < -0.4 is 5.73 Å². The lowest BCUT2D eigenvalue weighted by Crippen LogP contribution is -1.93. The van der Waals surface area contributed by atoms with Crippen molar-refractivity contribution in [1.29, 1.82) is 0 Å². The van der Waals surface area contributed by atoms with E-state index in [-0.39, 0.29) is 11.6 Å². The number of nitrogens with one attached hydrogen (secondary N) is 1. The molecule has 0 saturated heterocycles. The second kappa shape index (κ2) is 2.95. The number of carbonyl (C=O) groups excluding carboxylic acids is 1. The van der Waals surface area contributed by atoms with E-state index in [2.05, 4.69) is 24.9 Å². The van der Waals surface area contributed by atoms with Crippen molar-refractivity contribution in [2.75, 3.05) is 5.73 Å². The fourth-order valence-electron chi connectivity index (χ4n) is 0.980. The van der Waals surface area contributed by atoms with Gasteiger partial charge in [0.05, 0.1) is 6.20 Å². The van der Waals surface area contributed by atoms with Gasteiger partial charge in [0.2, 0.25) is 0 Å². The first kappa shape index (κ1) is 8.42. The number of Topliss-reactive ketones (excluding diaryl/α,β-unsaturated/α-hetero) is 1. The molecule has 14 heavy (non-hydrogen) atoms. The predicted octanol–water partition coefficient (Wildman–Crippen LogP) is 0.244. The topological polar surface area (TPSA) is 111 Å². The lowest BCUT2D eigenvalue weighted by molar-refractivity contribution is 0.101. The third kappa shape index (κ3) is 1.24. The zero-order chi connectivity index (χ0) is 10.1. The summed E-state index contributed by atoms with van der Waals surface area (Å²) in [5.41, 5.74) is 6.14. The monoisotopic (exact) mass is 193 g/mol. The average molecular weight is 193 g/mol. The third-order valence-electron chi connectivity index (χ3n) is 1.69. The molecule has 2 aromatic rings. The molecule has 2 aromatic heterocycles. The minimum absolute atomic E-state index is 0.112. The van der Waals surface area contributed by atoms with Gasteiger partial charge in [-0.2, -0.15) is 0 Å². The SMILES string of the molecule is CC(=O)c1cnc(-c2nonc2N)[nH]1. The maximum Gasteiger partial charge on any atom is 0.199 e. The number of H-pyrrole nitrogens is 1. The molecule has 0 aromatic carbocycles. The molecule has 0 atom stereocenters. The molecule has 3 N–H and O–H groups in total. The zero-order valence-electron chi connectivity index (χ0n) is 7.31. The number of imidazole rings is 1. The van der Waals surface area contributed by atoms with E-state index in [1.807, 2.05) is 0 Å². The van der Waals surface area contributed by atoms with E-state index in [1.54, 1.807) is 0 Å². The van der Waals surface area contributed by atoms with Crippen LogP contribution in [0.3, 0.4) is 0 Å². The van der Waals surface area contributed by atoms with Gasteiger partial charge >= 0.3 is 0 Å². The Morgan fingerprint density at radius 3 is 2.86 bits per heavy atom. The Hall–Kier alpha value is -2.18. The fourth-order valence-corrected chi connectivity index (χ4v) is 0.980. The molecule has 0 aliphatic rings. The van der Waals surface area contributed by atoms with Crippen LogP contribution in [-0.4, -0.2) is 26.1 Å². The van der Waals surface area contributed by atoms with Gasteiger partial charge in [-0.1, -0.05) is 0 Å². The van der Waals surface area contributed by atoms with Crippen LogP contribution in [0, 0.1) is 0 Å². The average Bonchev–Trinajstić information content (AvgIpc) is 2.71. The van der Waals surface area contributed by atoms with Crippen LogP contribution in [0.25, 0.3) is 11.5 Å². The summed E-state index contributed by atoms with van der Waals surface area (Å²) < 4.78 is 4.40. The number of ketones is 1. The highest BCUT2D eigenvalue weighted by Crippen LogP contribution is 2.18. The molecule has 2 heterocycles. The van der Waals surface area contributed by atoms with E-state index < -0.39 is 0 Å². The lowest BCUT2D eigenvalue weighted by Gasteiger charge is -1.88. The minimum Gasteiger partial charge on any atom is -0.379 e. The van der Waals surface area contributed by atoms with Crippen LogP contribution in [-0.2, 0) is 0 Å². The Labute approximate surface area is 78.3 Å². The van der Waals surface area contributed by atoms with Gasteiger partial charge in [-0.15, -0.1) is 0 Å². The van der Waals surface area contributed by atoms with E-state index in [9.17, 15) is 4.79 Å². The summed E-state index contributed by atoms with van der Waals surface area (Å²) >= 11 is 0. The van der Waals surface area contributed by atoms with Crippen LogP contribution >= 0.6 is 0 Å². The number of rotatable bonds is 2. The van der Waals surface area contributed by atoms with Gasteiger partial charge < -0.3 is 10.7 Å². The molecule has 0 fully saturated rings. The maximum absolute atomic E-state index is 11.0. The van der Waals surface area contributed by atoms with Gasteiger partial charge in [-0.25, -0.2) is 9.61 Å². The molecule has 0 bridgehead atoms. The highest BCUT2D eigenvalue weighted by atomic mass is 16.6. The summed E-state index contributed by atoms with van der Waals surface area (Å²) in [4.78, 5) is 17.6. The van der Waals surface area contributed by atoms with E-state index in [1.165, 1.54) is 13.1 Å². The van der Waals surface area contributed by atoms with Crippen LogP contribution in [0.2, 0.25) is 0 Å². The Morgan fingerprint density at radius 2 is 2.36 bits per heavy atom. The fraction of sp³-hybridized carbons (Fsp3) is 0.143. The summed E-state index contributed by atoms with van der Waals surface area (Å²) in [6.07, 6.45) is 1.41. The molecule has 2 rings (SSSR count). The number of hydrogen-bond acceptors (Lipinski definition) is 6. The smallest absolute Gasteiger partial charge is 0.199 e. The van der Waals surface area contributed by atoms with Gasteiger partial charge in [-0.05, 0) is 10.3 Å². The number of carbonyl (C=O) groups is 1. The molecule has 0 unspecified atom stereocenters. The van der Waals surface area contributed by atoms with E-state index in [4.69, 9.17) is 5.73 Å². The van der Waals surface area contributed by atoms with E-state index >= 15 is 0 Å². The zero-order valence-corrected chi connectivity index (χ0v) is 7.31. The van der Waals surface area contributed by atoms with Crippen LogP contribution in [0.15, 0.2) is 10.8 Å². The highest BCUT2D eigenvalue weighted by molar-refractivity contribution is 5.92. The number of nitrogens with two attached hydrogens (primary N) is 1. The second-order valence-corrected chi connectivity index (χ2v) is 2.70. The molecule has 0 amide bonds. The third-order valence-corrected chi connectivity index (χ3v) is 1.69. The van der Waals surface area contributed by atoms with Gasteiger partial charge in [0.15, 0.2) is 23.1 Å². The normalized spacial score (nSPS) is 10.4. The first-order valence-electron chi connectivity index (χ1n) is 3.83. The van der Waals surface area contributed by atoms with Crippen LogP contribution in [0.4, 0.5) is 5.82 Å². The molecule has 0 aliphatic carbocycles. The quantitative estimate of drug-likeness (QED) is 0.661. The van der Waals surface area contributed by atoms with Crippen molar-refractivity contribution in [1.82, 2.24) is 20.3 Å². The molecule has 0 radical (unpaired) electrons. The summed E-state index contributed by atoms with van der Waals surface area (Å²) in [6.45, 7) is 1.43. The molecule has 7 nitrogen and oxygen atoms in total. The molecule has 0 saturated carbocycles. The lowest BCUT2D eigenvalue weighted by atomic mass is 10.3. The van der Waals surface area contributed by atoms with Crippen LogP contribution in [0.1, 0.15) is 17.4 Å². The van der Waals surface area contributed by atoms with Gasteiger partial charge in [-0.3, -0.25) is 4.79 Å². The van der Waals surface area contributed by atoms with Gasteiger partial charge in [0.25, 0.3) is 0 Å². The van der Waals surface area contributed by atoms with Crippen molar-refractivity contribution < 1.29 is 9.42 Å². The van der Waals surface area contributed by atoms with Gasteiger partial charge in [0, 0.05) is 6.92 Å². The maximum atomic E-state index is 11.0. The van der Waals surface area contributed by atoms with Crippen molar-refractivity contribution >= 4 is 11.6 Å². The van der Waals surface area contributed by atoms with E-state index in [0.717, 1.165) is 0 Å². The number of nitrogens with zero attached hydrogens (tertiary/aromatic N) is 3. The van der Waals surface area contributed by atoms with Crippen molar-refractivity contribution in [3.8, 4) is 11.5 Å². The molecular formula is C7H7N5O2. The number of aromatic nitrogens is 4. The van der Waals surface area contributed by atoms with E-state index in [0.29, 0.717) is 17.2 Å². The molecule has 0 aliphatic heterocycles. The molecule has 7 heteroatoms. The number of hydrogen-bond donors (Lipinski definition) is 2. The largest absolute Gasteiger partial charge is 0.379 e. The minimum atomic E-state index is -0.112. The van der Waals surface area contributed by atoms with Crippen LogP contribution in [0.5, 0.6) is 0 Å². The summed E-state index contributed by atoms with van der Waals surface area (Å²) in [5, 5.41) is 6.94. The summed E-state index contributed by atoms with van der Waals surface area (Å²) in [5.74, 6) is 0.391. The molecule has 0 spiro atoms. The standard InChI is InChI=1S/C7H7N5O2/c1-3(13)4-2-9-7(10-4)5-6(8)12-14-11-5/h2H,1H3,(H2,8,12)(H,9,10). The first-order chi connectivity index (χ1) is 6.68. The number of nitrogen functional groups attached to an aromatic ring is 1. The summed E-state index contributed by atoms with van der Waals surface area (Å²) in [7, 11) is 0. The first-order valence-corrected chi connectivity index (χ1v) is 3.83. The Balaban J connectivity index is 2.43. The highest BCUT2D eigenvalue weighted by Gasteiger charge is 2.13. The van der Waals surface area contributed by atoms with Crippen molar-refractivity contribution in [3.05, 3.63) is 11.9 Å². The Kier molecular flexibility index (Phi) is 1.77. The van der Waals surface area contributed by atoms with Crippen molar-refractivity contribution in [3.63, 3.8) is 0 Å². The Morgan fingerprint density at radius 1 is 1.57 bits per heavy atom. The number of aromatic amines is 1. The van der Waals surface area contributed by atoms with Crippen molar-refractivity contribution in [2.24, 2.45) is 0 Å². The second-order valence-electron chi connectivity index (χ2n) is 2.70. The van der Waals surface area contributed by atoms with Crippen molar-refractivity contribution in [2.45, 2.75) is 6.92 Å². The Bertz CT molecular complexity index is 472. The van der Waals surface area contributed by atoms with Gasteiger partial charge in [0.1, 0.15) is 5.69 Å². The summed E-state index contributed by atoms with van der Waals surface area (Å²) in [6, 6.07) is 0. The molecule has 72 valence electrons. The number of anilines is 1. The predicted molar refractivity (Wildman–Crippen MR) is 46.3 cm³/mol. The molecular weight excluding hydrogens is 186 g/mol.